The van der Waals surface area contributed by atoms with Crippen molar-refractivity contribution < 1.29 is 58.8 Å². The largest absolute Gasteiger partial charge is 0.481 e. The molecule has 0 fully saturated rings. The van der Waals surface area contributed by atoms with Crippen molar-refractivity contribution >= 4 is 71.9 Å². The summed E-state index contributed by atoms with van der Waals surface area (Å²) in [5, 5.41) is 45.2. The maximum Gasteiger partial charge on any atom is 0.327 e. The van der Waals surface area contributed by atoms with Crippen molar-refractivity contribution in [2.45, 2.75) is 75.5 Å². The Balaban J connectivity index is 5.78. The zero-order chi connectivity index (χ0) is 31.5. The van der Waals surface area contributed by atoms with Crippen molar-refractivity contribution in [1.82, 2.24) is 21.3 Å². The number of thiol groups is 1. The molecule has 0 unspecified atom stereocenters. The second-order valence-electron chi connectivity index (χ2n) is 8.72. The number of hydrogen-bond donors (Lipinski definition) is 9. The molecule has 8 N–H and O–H groups in total. The quantitative estimate of drug-likeness (QED) is 0.0633. The molecule has 0 radical (unpaired) electrons. The highest BCUT2D eigenvalue weighted by Gasteiger charge is 2.31. The van der Waals surface area contributed by atoms with Crippen LogP contribution in [0, 0.1) is 0 Å². The van der Waals surface area contributed by atoms with Crippen LogP contribution in [0.15, 0.2) is 0 Å². The summed E-state index contributed by atoms with van der Waals surface area (Å²) in [5.74, 6) is -8.57. The van der Waals surface area contributed by atoms with Gasteiger partial charge in [0.25, 0.3) is 0 Å². The van der Waals surface area contributed by atoms with E-state index in [4.69, 9.17) is 20.4 Å². The van der Waals surface area contributed by atoms with Crippen molar-refractivity contribution in [2.24, 2.45) is 0 Å². The molecule has 0 rings (SSSR count). The summed E-state index contributed by atoms with van der Waals surface area (Å²) in [5.41, 5.74) is 0. The van der Waals surface area contributed by atoms with Crippen molar-refractivity contribution in [3.63, 3.8) is 0 Å². The highest BCUT2D eigenvalue weighted by atomic mass is 32.2. The Kier molecular flexibility index (Phi) is 18.6. The van der Waals surface area contributed by atoms with Gasteiger partial charge in [-0.25, -0.2) is 4.79 Å². The summed E-state index contributed by atoms with van der Waals surface area (Å²) in [6.45, 7) is 0. The van der Waals surface area contributed by atoms with E-state index in [0.717, 1.165) is 0 Å². The molecule has 0 aliphatic heterocycles. The number of amides is 4. The van der Waals surface area contributed by atoms with Crippen LogP contribution in [0.25, 0.3) is 0 Å². The number of carboxylic acids is 4. The lowest BCUT2D eigenvalue weighted by molar-refractivity contribution is -0.142. The number of carbonyl (C=O) groups is 8. The van der Waals surface area contributed by atoms with Crippen LogP contribution < -0.4 is 21.3 Å². The minimum Gasteiger partial charge on any atom is -0.481 e. The molecule has 4 amide bonds. The predicted octanol–water partition coefficient (Wildman–Crippen LogP) is -1.32. The molecule has 0 heterocycles. The van der Waals surface area contributed by atoms with Crippen LogP contribution >= 0.6 is 24.4 Å². The molecule has 0 bridgehead atoms. The van der Waals surface area contributed by atoms with E-state index >= 15 is 0 Å². The number of carboxylic acid groups (broad SMARTS) is 4. The first-order valence-electron chi connectivity index (χ1n) is 12.4. The van der Waals surface area contributed by atoms with E-state index in [9.17, 15) is 38.4 Å². The Morgan fingerprint density at radius 2 is 1.02 bits per heavy atom. The van der Waals surface area contributed by atoms with Crippen molar-refractivity contribution in [2.75, 3.05) is 17.8 Å². The Bertz CT molecular complexity index is 965. The lowest BCUT2D eigenvalue weighted by Crippen LogP contribution is -2.58. The second-order valence-corrected chi connectivity index (χ2v) is 10.1. The third kappa shape index (κ3) is 17.0. The van der Waals surface area contributed by atoms with Crippen molar-refractivity contribution in [3.05, 3.63) is 0 Å². The summed E-state index contributed by atoms with van der Waals surface area (Å²) >= 11 is 5.18. The number of nitrogens with one attached hydrogen (secondary N) is 4. The fourth-order valence-electron chi connectivity index (χ4n) is 3.25. The molecule has 41 heavy (non-hydrogen) atoms. The highest BCUT2D eigenvalue weighted by Crippen LogP contribution is 2.07. The van der Waals surface area contributed by atoms with Gasteiger partial charge in [0.15, 0.2) is 0 Å². The number of hydrogen-bond acceptors (Lipinski definition) is 10. The zero-order valence-electron chi connectivity index (χ0n) is 22.3. The summed E-state index contributed by atoms with van der Waals surface area (Å²) in [7, 11) is 0. The number of rotatable bonds is 22. The van der Waals surface area contributed by atoms with Gasteiger partial charge in [0.1, 0.15) is 24.2 Å². The molecular formula is C23H36N4O12S2. The van der Waals surface area contributed by atoms with E-state index in [0.29, 0.717) is 5.75 Å². The van der Waals surface area contributed by atoms with Crippen LogP contribution in [-0.2, 0) is 38.4 Å². The molecule has 0 aromatic rings. The molecular weight excluding hydrogens is 588 g/mol. The summed E-state index contributed by atoms with van der Waals surface area (Å²) in [4.78, 5) is 95.2. The molecule has 0 aliphatic rings. The van der Waals surface area contributed by atoms with Crippen LogP contribution in [0.5, 0.6) is 0 Å². The number of thioether (sulfide) groups is 1. The Morgan fingerprint density at radius 3 is 1.39 bits per heavy atom. The molecule has 0 aliphatic carbocycles. The maximum atomic E-state index is 13.1. The van der Waals surface area contributed by atoms with Gasteiger partial charge in [0.05, 0.1) is 0 Å². The smallest absolute Gasteiger partial charge is 0.327 e. The SMILES string of the molecule is CSCC[C@H](NC(=O)CCCC(=O)O)C(=O)N[C@@H](CCC(=O)O)C(=O)N[C@@H](CCC(=O)O)C(=O)N[C@@H](CS)C(=O)O. The van der Waals surface area contributed by atoms with E-state index in [2.05, 4.69) is 33.9 Å². The first-order valence-corrected chi connectivity index (χ1v) is 14.4. The minimum atomic E-state index is -1.55. The maximum absolute atomic E-state index is 13.1. The summed E-state index contributed by atoms with van der Waals surface area (Å²) < 4.78 is 0. The molecule has 0 aromatic heterocycles. The number of carbonyl (C=O) groups excluding carboxylic acids is 4. The monoisotopic (exact) mass is 624 g/mol. The van der Waals surface area contributed by atoms with E-state index < -0.39 is 97.4 Å². The lowest BCUT2D eigenvalue weighted by atomic mass is 10.1. The predicted molar refractivity (Wildman–Crippen MR) is 147 cm³/mol. The van der Waals surface area contributed by atoms with Gasteiger partial charge in [0.2, 0.25) is 23.6 Å². The van der Waals surface area contributed by atoms with Crippen LogP contribution in [0.1, 0.15) is 51.4 Å². The van der Waals surface area contributed by atoms with Crippen molar-refractivity contribution in [3.8, 4) is 0 Å². The molecule has 0 saturated heterocycles. The fourth-order valence-corrected chi connectivity index (χ4v) is 3.97. The van der Waals surface area contributed by atoms with Gasteiger partial charge in [-0.1, -0.05) is 0 Å². The minimum absolute atomic E-state index is 0.0252. The third-order valence-corrected chi connectivity index (χ3v) is 6.42. The van der Waals surface area contributed by atoms with Crippen LogP contribution in [0.4, 0.5) is 0 Å². The normalized spacial score (nSPS) is 13.5. The average molecular weight is 625 g/mol. The van der Waals surface area contributed by atoms with Gasteiger partial charge in [-0.3, -0.25) is 33.6 Å². The highest BCUT2D eigenvalue weighted by molar-refractivity contribution is 7.98. The molecule has 18 heteroatoms. The van der Waals surface area contributed by atoms with Gasteiger partial charge >= 0.3 is 23.9 Å². The van der Waals surface area contributed by atoms with E-state index in [1.807, 2.05) is 0 Å². The summed E-state index contributed by atoms with van der Waals surface area (Å²) in [6, 6.07) is -5.68. The molecule has 0 saturated carbocycles. The van der Waals surface area contributed by atoms with E-state index in [1.54, 1.807) is 6.26 Å². The van der Waals surface area contributed by atoms with E-state index in [-0.39, 0.29) is 31.4 Å². The Morgan fingerprint density at radius 1 is 0.610 bits per heavy atom. The first kappa shape index (κ1) is 37.5. The van der Waals surface area contributed by atoms with Crippen molar-refractivity contribution in [1.29, 1.82) is 0 Å². The first-order chi connectivity index (χ1) is 19.2. The molecule has 232 valence electrons. The average Bonchev–Trinajstić information content (AvgIpc) is 2.88. The lowest BCUT2D eigenvalue weighted by Gasteiger charge is -2.25. The summed E-state index contributed by atoms with van der Waals surface area (Å²) in [6.07, 6.45) is -0.600. The van der Waals surface area contributed by atoms with Gasteiger partial charge in [-0.2, -0.15) is 24.4 Å². The Labute approximate surface area is 245 Å². The van der Waals surface area contributed by atoms with Crippen LogP contribution in [-0.4, -0.2) is 110 Å². The van der Waals surface area contributed by atoms with Crippen LogP contribution in [0.3, 0.4) is 0 Å². The van der Waals surface area contributed by atoms with Crippen LogP contribution in [0.2, 0.25) is 0 Å². The van der Waals surface area contributed by atoms with Gasteiger partial charge in [-0.15, -0.1) is 0 Å². The molecule has 16 nitrogen and oxygen atoms in total. The Hall–Kier alpha value is -3.54. The van der Waals surface area contributed by atoms with Gasteiger partial charge < -0.3 is 41.7 Å². The standard InChI is InChI=1S/C23H36N4O12S2/c1-41-10-9-14(24-16(28)3-2-4-17(29)30)22(37)26-12(5-7-18(31)32)20(35)25-13(6-8-19(33)34)21(36)27-15(11-40)23(38)39/h12-15,40H,2-11H2,1H3,(H,24,28)(H,25,35)(H,26,37)(H,27,36)(H,29,30)(H,31,32)(H,33,34)(H,38,39)/t12-,13-,14-,15-/m0/s1. The molecule has 0 spiro atoms. The third-order valence-electron chi connectivity index (χ3n) is 5.41. The molecule has 0 aromatic carbocycles. The topological polar surface area (TPSA) is 266 Å². The van der Waals surface area contributed by atoms with E-state index in [1.165, 1.54) is 11.8 Å². The van der Waals surface area contributed by atoms with Gasteiger partial charge in [0, 0.05) is 31.4 Å². The molecule has 4 atom stereocenters. The second kappa shape index (κ2) is 20.4. The zero-order valence-corrected chi connectivity index (χ0v) is 24.0. The van der Waals surface area contributed by atoms with Gasteiger partial charge in [-0.05, 0) is 37.7 Å². The number of aliphatic carboxylic acids is 4. The fraction of sp³-hybridized carbons (Fsp3) is 0.652.